The zero-order valence-electron chi connectivity index (χ0n) is 13.8. The molecule has 7 nitrogen and oxygen atoms in total. The van der Waals surface area contributed by atoms with E-state index in [1.165, 1.54) is 10.9 Å². The summed E-state index contributed by atoms with van der Waals surface area (Å²) in [5.74, 6) is 0.456. The summed E-state index contributed by atoms with van der Waals surface area (Å²) in [6, 6.07) is 12.9. The second kappa shape index (κ2) is 8.05. The topological polar surface area (TPSA) is 83.0 Å². The number of aromatic nitrogens is 4. The van der Waals surface area contributed by atoms with Crippen molar-refractivity contribution in [3.8, 4) is 11.4 Å². The third-order valence-corrected chi connectivity index (χ3v) is 3.49. The number of hydrogen-bond donors (Lipinski definition) is 0. The Labute approximate surface area is 144 Å². The first-order valence-corrected chi connectivity index (χ1v) is 8.06. The van der Waals surface area contributed by atoms with E-state index < -0.39 is 5.97 Å². The molecule has 1 aromatic carbocycles. The van der Waals surface area contributed by atoms with Gasteiger partial charge in [0.15, 0.2) is 11.5 Å². The van der Waals surface area contributed by atoms with Crippen molar-refractivity contribution in [2.45, 2.75) is 19.8 Å². The number of carbonyl (C=O) groups is 1. The average Bonchev–Trinajstić information content (AvgIpc) is 3.32. The van der Waals surface area contributed by atoms with Crippen molar-refractivity contribution in [1.29, 1.82) is 0 Å². The van der Waals surface area contributed by atoms with Gasteiger partial charge in [0.1, 0.15) is 5.76 Å². The van der Waals surface area contributed by atoms with Gasteiger partial charge in [-0.2, -0.15) is 4.68 Å². The van der Waals surface area contributed by atoms with Crippen LogP contribution < -0.4 is 0 Å². The predicted molar refractivity (Wildman–Crippen MR) is 92.0 cm³/mol. The fourth-order valence-electron chi connectivity index (χ4n) is 2.21. The van der Waals surface area contributed by atoms with Crippen LogP contribution in [0.15, 0.2) is 53.1 Å². The minimum Gasteiger partial charge on any atom is -0.465 e. The molecular formula is C18H18N4O3. The van der Waals surface area contributed by atoms with E-state index in [4.69, 9.17) is 9.15 Å². The van der Waals surface area contributed by atoms with Crippen molar-refractivity contribution in [3.63, 3.8) is 0 Å². The van der Waals surface area contributed by atoms with Crippen molar-refractivity contribution in [2.24, 2.45) is 0 Å². The predicted octanol–water partition coefficient (Wildman–Crippen LogP) is 3.27. The first-order chi connectivity index (χ1) is 12.3. The number of benzene rings is 1. The first-order valence-electron chi connectivity index (χ1n) is 8.06. The highest BCUT2D eigenvalue weighted by molar-refractivity contribution is 6.15. The lowest BCUT2D eigenvalue weighted by atomic mass is 10.2. The minimum absolute atomic E-state index is 0.190. The summed E-state index contributed by atoms with van der Waals surface area (Å²) in [5, 5.41) is 11.7. The molecule has 0 aliphatic rings. The van der Waals surface area contributed by atoms with E-state index in [1.54, 1.807) is 18.2 Å². The maximum Gasteiger partial charge on any atom is 0.357 e. The van der Waals surface area contributed by atoms with Gasteiger partial charge >= 0.3 is 5.97 Å². The largest absolute Gasteiger partial charge is 0.465 e. The van der Waals surface area contributed by atoms with Crippen LogP contribution in [-0.4, -0.2) is 32.8 Å². The molecule has 0 amide bonds. The number of nitrogens with zero attached hydrogens (tertiary/aromatic N) is 4. The quantitative estimate of drug-likeness (QED) is 0.373. The SMILES string of the molecule is CCCCOC(=O)/C(=C/c1ccco1)n1nnnc1-c1ccccc1. The van der Waals surface area contributed by atoms with Crippen molar-refractivity contribution in [1.82, 2.24) is 20.2 Å². The maximum atomic E-state index is 12.6. The molecule has 0 aliphatic carbocycles. The van der Waals surface area contributed by atoms with Gasteiger partial charge in [-0.05, 0) is 29.0 Å². The van der Waals surface area contributed by atoms with Crippen LogP contribution in [0.3, 0.4) is 0 Å². The van der Waals surface area contributed by atoms with E-state index in [-0.39, 0.29) is 5.70 Å². The molecule has 0 fully saturated rings. The lowest BCUT2D eigenvalue weighted by Crippen LogP contribution is -2.15. The summed E-state index contributed by atoms with van der Waals surface area (Å²) in [4.78, 5) is 12.6. The summed E-state index contributed by atoms with van der Waals surface area (Å²) < 4.78 is 12.0. The monoisotopic (exact) mass is 338 g/mol. The van der Waals surface area contributed by atoms with Gasteiger partial charge in [0.05, 0.1) is 12.9 Å². The summed E-state index contributed by atoms with van der Waals surface area (Å²) in [7, 11) is 0. The lowest BCUT2D eigenvalue weighted by Gasteiger charge is -2.09. The zero-order chi connectivity index (χ0) is 17.5. The van der Waals surface area contributed by atoms with E-state index in [2.05, 4.69) is 15.5 Å². The van der Waals surface area contributed by atoms with Gasteiger partial charge in [-0.1, -0.05) is 43.7 Å². The molecule has 128 valence electrons. The Kier molecular flexibility index (Phi) is 5.36. The molecule has 3 aromatic rings. The Hall–Kier alpha value is -3.22. The third-order valence-electron chi connectivity index (χ3n) is 3.49. The molecule has 2 aromatic heterocycles. The van der Waals surface area contributed by atoms with Gasteiger partial charge in [0.25, 0.3) is 0 Å². The van der Waals surface area contributed by atoms with Crippen LogP contribution >= 0.6 is 0 Å². The molecular weight excluding hydrogens is 320 g/mol. The normalized spacial score (nSPS) is 11.5. The molecule has 0 atom stereocenters. The molecule has 0 saturated carbocycles. The molecule has 25 heavy (non-hydrogen) atoms. The lowest BCUT2D eigenvalue weighted by molar-refractivity contribution is -0.137. The summed E-state index contributed by atoms with van der Waals surface area (Å²) >= 11 is 0. The number of tetrazole rings is 1. The summed E-state index contributed by atoms with van der Waals surface area (Å²) in [6.45, 7) is 2.37. The molecule has 2 heterocycles. The molecule has 0 bridgehead atoms. The fourth-order valence-corrected chi connectivity index (χ4v) is 2.21. The summed E-state index contributed by atoms with van der Waals surface area (Å²) in [5.41, 5.74) is 0.981. The summed E-state index contributed by atoms with van der Waals surface area (Å²) in [6.07, 6.45) is 4.83. The zero-order valence-corrected chi connectivity index (χ0v) is 13.8. The highest BCUT2D eigenvalue weighted by atomic mass is 16.5. The Bertz CT molecular complexity index is 838. The average molecular weight is 338 g/mol. The Morgan fingerprint density at radius 3 is 2.80 bits per heavy atom. The second-order valence-corrected chi connectivity index (χ2v) is 5.31. The third kappa shape index (κ3) is 4.00. The molecule has 0 N–H and O–H groups in total. The van der Waals surface area contributed by atoms with E-state index >= 15 is 0 Å². The van der Waals surface area contributed by atoms with Gasteiger partial charge in [-0.15, -0.1) is 5.10 Å². The van der Waals surface area contributed by atoms with Crippen LogP contribution in [0.2, 0.25) is 0 Å². The van der Waals surface area contributed by atoms with E-state index in [0.717, 1.165) is 18.4 Å². The van der Waals surface area contributed by atoms with Gasteiger partial charge < -0.3 is 9.15 Å². The number of rotatable bonds is 7. The van der Waals surface area contributed by atoms with Crippen LogP contribution in [-0.2, 0) is 9.53 Å². The Morgan fingerprint density at radius 2 is 2.08 bits per heavy atom. The van der Waals surface area contributed by atoms with Gasteiger partial charge in [-0.3, -0.25) is 0 Å². The van der Waals surface area contributed by atoms with Crippen molar-refractivity contribution in [2.75, 3.05) is 6.61 Å². The number of ether oxygens (including phenoxy) is 1. The first kappa shape index (κ1) is 16.6. The number of furan rings is 1. The standard InChI is InChI=1S/C18H18N4O3/c1-2-3-11-25-18(23)16(13-15-10-7-12-24-15)22-17(19-20-21-22)14-8-5-4-6-9-14/h4-10,12-13H,2-3,11H2,1H3/b16-13-. The van der Waals surface area contributed by atoms with Crippen LogP contribution in [0.25, 0.3) is 23.2 Å². The highest BCUT2D eigenvalue weighted by Gasteiger charge is 2.20. The van der Waals surface area contributed by atoms with Crippen molar-refractivity contribution >= 4 is 17.7 Å². The van der Waals surface area contributed by atoms with Crippen molar-refractivity contribution in [3.05, 3.63) is 54.5 Å². The van der Waals surface area contributed by atoms with E-state index in [0.29, 0.717) is 18.2 Å². The highest BCUT2D eigenvalue weighted by Crippen LogP contribution is 2.21. The smallest absolute Gasteiger partial charge is 0.357 e. The Balaban J connectivity index is 1.98. The fraction of sp³-hybridized carbons (Fsp3) is 0.222. The van der Waals surface area contributed by atoms with Crippen LogP contribution in [0.5, 0.6) is 0 Å². The van der Waals surface area contributed by atoms with Crippen LogP contribution in [0, 0.1) is 0 Å². The maximum absolute atomic E-state index is 12.6. The number of carbonyl (C=O) groups excluding carboxylic acids is 1. The molecule has 0 unspecified atom stereocenters. The Morgan fingerprint density at radius 1 is 1.24 bits per heavy atom. The molecule has 3 rings (SSSR count). The molecule has 7 heteroatoms. The number of unbranched alkanes of at least 4 members (excludes halogenated alkanes) is 1. The van der Waals surface area contributed by atoms with Gasteiger partial charge in [-0.25, -0.2) is 4.79 Å². The van der Waals surface area contributed by atoms with E-state index in [1.807, 2.05) is 37.3 Å². The van der Waals surface area contributed by atoms with Crippen molar-refractivity contribution < 1.29 is 13.9 Å². The minimum atomic E-state index is -0.505. The van der Waals surface area contributed by atoms with Crippen LogP contribution in [0.4, 0.5) is 0 Å². The second-order valence-electron chi connectivity index (χ2n) is 5.31. The molecule has 0 radical (unpaired) electrons. The van der Waals surface area contributed by atoms with Gasteiger partial charge in [0, 0.05) is 11.6 Å². The molecule has 0 aliphatic heterocycles. The molecule has 0 saturated heterocycles. The van der Waals surface area contributed by atoms with Gasteiger partial charge in [0.2, 0.25) is 0 Å². The van der Waals surface area contributed by atoms with E-state index in [9.17, 15) is 4.79 Å². The number of esters is 1. The number of hydrogen-bond acceptors (Lipinski definition) is 6. The molecule has 0 spiro atoms. The van der Waals surface area contributed by atoms with Crippen LogP contribution in [0.1, 0.15) is 25.5 Å².